The van der Waals surface area contributed by atoms with Gasteiger partial charge in [-0.15, -0.1) is 0 Å². The van der Waals surface area contributed by atoms with Gasteiger partial charge < -0.3 is 10.5 Å². The highest BCUT2D eigenvalue weighted by Gasteiger charge is 2.14. The zero-order chi connectivity index (χ0) is 20.1. The van der Waals surface area contributed by atoms with E-state index in [1.807, 2.05) is 13.0 Å². The number of amides is 1. The largest absolute Gasteiger partial charge is 0.487 e. The minimum Gasteiger partial charge on any atom is -0.487 e. The van der Waals surface area contributed by atoms with Gasteiger partial charge in [0.05, 0.1) is 16.7 Å². The number of aromatic nitrogens is 1. The third kappa shape index (κ3) is 4.86. The fourth-order valence-electron chi connectivity index (χ4n) is 2.52. The predicted octanol–water partition coefficient (Wildman–Crippen LogP) is 2.87. The van der Waals surface area contributed by atoms with Crippen molar-refractivity contribution in [1.82, 2.24) is 4.98 Å². The molecule has 1 heterocycles. The average Bonchev–Trinajstić information content (AvgIpc) is 2.66. The van der Waals surface area contributed by atoms with E-state index < -0.39 is 15.9 Å². The molecule has 0 atom stereocenters. The van der Waals surface area contributed by atoms with Gasteiger partial charge in [-0.25, -0.2) is 8.42 Å². The maximum absolute atomic E-state index is 12.6. The molecule has 0 aliphatic rings. The molecule has 0 unspecified atom stereocenters. The van der Waals surface area contributed by atoms with Crippen LogP contribution >= 0.6 is 0 Å². The summed E-state index contributed by atoms with van der Waals surface area (Å²) < 4.78 is 33.3. The number of carbonyl (C=O) groups excluding carboxylic acids is 1. The van der Waals surface area contributed by atoms with Crippen LogP contribution in [0.1, 0.15) is 21.5 Å². The Morgan fingerprint density at radius 1 is 1.11 bits per heavy atom. The molecule has 2 aromatic carbocycles. The molecule has 0 radical (unpaired) electrons. The summed E-state index contributed by atoms with van der Waals surface area (Å²) in [6.45, 7) is 2.00. The van der Waals surface area contributed by atoms with E-state index >= 15 is 0 Å². The summed E-state index contributed by atoms with van der Waals surface area (Å²) in [4.78, 5) is 15.3. The number of nitrogens with two attached hydrogens (primary N) is 1. The minimum absolute atomic E-state index is 0.171. The second kappa shape index (κ2) is 8.10. The van der Waals surface area contributed by atoms with Gasteiger partial charge in [0.15, 0.2) is 0 Å². The van der Waals surface area contributed by atoms with Crippen LogP contribution in [-0.2, 0) is 16.6 Å². The van der Waals surface area contributed by atoms with Gasteiger partial charge in [-0.05, 0) is 48.4 Å². The van der Waals surface area contributed by atoms with Crippen molar-refractivity contribution in [2.45, 2.75) is 18.4 Å². The molecule has 0 aliphatic carbocycles. The number of aryl methyl sites for hydroxylation is 1. The second-order valence-corrected chi connectivity index (χ2v) is 7.87. The van der Waals surface area contributed by atoms with Gasteiger partial charge >= 0.3 is 0 Å². The van der Waals surface area contributed by atoms with Crippen molar-refractivity contribution in [2.24, 2.45) is 5.73 Å². The van der Waals surface area contributed by atoms with Crippen molar-refractivity contribution >= 4 is 21.6 Å². The maximum atomic E-state index is 12.6. The van der Waals surface area contributed by atoms with E-state index in [-0.39, 0.29) is 17.1 Å². The first-order chi connectivity index (χ1) is 13.3. The molecule has 3 aromatic rings. The first kappa shape index (κ1) is 19.4. The SMILES string of the molecule is Cc1cccc(S(=O)(=O)Nc2cccc(COc3cncc(C(N)=O)c3)c2)c1. The number of hydrogen-bond donors (Lipinski definition) is 2. The number of ether oxygens (including phenoxy) is 1. The number of benzene rings is 2. The molecule has 7 nitrogen and oxygen atoms in total. The molecule has 3 N–H and O–H groups in total. The van der Waals surface area contributed by atoms with Crippen LogP contribution in [0.2, 0.25) is 0 Å². The molecule has 0 saturated heterocycles. The Kier molecular flexibility index (Phi) is 5.60. The lowest BCUT2D eigenvalue weighted by Gasteiger charge is -2.11. The van der Waals surface area contributed by atoms with Crippen molar-refractivity contribution in [3.63, 3.8) is 0 Å². The van der Waals surface area contributed by atoms with Crippen LogP contribution in [-0.4, -0.2) is 19.3 Å². The van der Waals surface area contributed by atoms with Gasteiger partial charge in [-0.2, -0.15) is 0 Å². The molecule has 1 aromatic heterocycles. The Morgan fingerprint density at radius 3 is 2.64 bits per heavy atom. The van der Waals surface area contributed by atoms with Crippen LogP contribution < -0.4 is 15.2 Å². The number of primary amides is 1. The van der Waals surface area contributed by atoms with Crippen molar-refractivity contribution in [3.8, 4) is 5.75 Å². The van der Waals surface area contributed by atoms with Crippen LogP contribution in [0.25, 0.3) is 0 Å². The molecule has 8 heteroatoms. The quantitative estimate of drug-likeness (QED) is 0.637. The zero-order valence-electron chi connectivity index (χ0n) is 15.1. The number of anilines is 1. The normalized spacial score (nSPS) is 11.0. The van der Waals surface area contributed by atoms with E-state index in [0.717, 1.165) is 11.1 Å². The van der Waals surface area contributed by atoms with Gasteiger partial charge in [0.2, 0.25) is 5.91 Å². The van der Waals surface area contributed by atoms with Crippen LogP contribution in [0.3, 0.4) is 0 Å². The summed E-state index contributed by atoms with van der Waals surface area (Å²) in [7, 11) is -3.69. The Balaban J connectivity index is 1.72. The molecule has 0 fully saturated rings. The molecule has 144 valence electrons. The molecular formula is C20H19N3O4S. The zero-order valence-corrected chi connectivity index (χ0v) is 15.9. The molecule has 28 heavy (non-hydrogen) atoms. The number of rotatable bonds is 7. The van der Waals surface area contributed by atoms with Crippen LogP contribution in [0.5, 0.6) is 5.75 Å². The summed E-state index contributed by atoms with van der Waals surface area (Å²) in [5, 5.41) is 0. The Morgan fingerprint density at radius 2 is 1.89 bits per heavy atom. The highest BCUT2D eigenvalue weighted by Crippen LogP contribution is 2.19. The Bertz CT molecular complexity index is 1110. The van der Waals surface area contributed by atoms with Crippen LogP contribution in [0, 0.1) is 6.92 Å². The van der Waals surface area contributed by atoms with E-state index in [0.29, 0.717) is 11.4 Å². The highest BCUT2D eigenvalue weighted by molar-refractivity contribution is 7.92. The Hall–Kier alpha value is -3.39. The van der Waals surface area contributed by atoms with E-state index in [1.54, 1.807) is 42.5 Å². The maximum Gasteiger partial charge on any atom is 0.261 e. The number of nitrogens with one attached hydrogen (secondary N) is 1. The minimum atomic E-state index is -3.69. The molecule has 3 rings (SSSR count). The number of nitrogens with zero attached hydrogens (tertiary/aromatic N) is 1. The predicted molar refractivity (Wildman–Crippen MR) is 106 cm³/mol. The summed E-state index contributed by atoms with van der Waals surface area (Å²) in [5.41, 5.74) is 7.50. The van der Waals surface area contributed by atoms with Crippen molar-refractivity contribution in [3.05, 3.63) is 83.7 Å². The van der Waals surface area contributed by atoms with Gasteiger partial charge in [-0.1, -0.05) is 24.3 Å². The molecule has 0 aliphatic heterocycles. The molecule has 1 amide bonds. The highest BCUT2D eigenvalue weighted by atomic mass is 32.2. The Labute approximate surface area is 163 Å². The summed E-state index contributed by atoms with van der Waals surface area (Å²) in [5.74, 6) is -0.201. The van der Waals surface area contributed by atoms with Gasteiger partial charge in [0, 0.05) is 11.9 Å². The standard InChI is InChI=1S/C20H19N3O4S/c1-14-4-2-7-19(8-14)28(25,26)23-17-6-3-5-15(9-17)13-27-18-10-16(20(21)24)11-22-12-18/h2-12,23H,13H2,1H3,(H2,21,24). The van der Waals surface area contributed by atoms with Crippen molar-refractivity contribution in [2.75, 3.05) is 4.72 Å². The van der Waals surface area contributed by atoms with Crippen LogP contribution in [0.15, 0.2) is 71.9 Å². The first-order valence-corrected chi connectivity index (χ1v) is 9.88. The summed E-state index contributed by atoms with van der Waals surface area (Å²) in [6, 6.07) is 15.0. The summed E-state index contributed by atoms with van der Waals surface area (Å²) in [6.07, 6.45) is 2.83. The van der Waals surface area contributed by atoms with E-state index in [2.05, 4.69) is 9.71 Å². The van der Waals surface area contributed by atoms with E-state index in [9.17, 15) is 13.2 Å². The number of carbonyl (C=O) groups is 1. The lowest BCUT2D eigenvalue weighted by molar-refractivity contribution is 0.0999. The monoisotopic (exact) mass is 397 g/mol. The molecule has 0 bridgehead atoms. The number of sulfonamides is 1. The average molecular weight is 397 g/mol. The topological polar surface area (TPSA) is 111 Å². The molecule has 0 spiro atoms. The lowest BCUT2D eigenvalue weighted by atomic mass is 10.2. The lowest BCUT2D eigenvalue weighted by Crippen LogP contribution is -2.13. The fourth-order valence-corrected chi connectivity index (χ4v) is 3.67. The van der Waals surface area contributed by atoms with Crippen molar-refractivity contribution in [1.29, 1.82) is 0 Å². The molecular weight excluding hydrogens is 378 g/mol. The van der Waals surface area contributed by atoms with Gasteiger partial charge in [0.25, 0.3) is 10.0 Å². The molecule has 0 saturated carbocycles. The van der Waals surface area contributed by atoms with E-state index in [1.165, 1.54) is 18.5 Å². The van der Waals surface area contributed by atoms with Gasteiger partial charge in [0.1, 0.15) is 12.4 Å². The summed E-state index contributed by atoms with van der Waals surface area (Å²) >= 11 is 0. The van der Waals surface area contributed by atoms with Crippen LogP contribution in [0.4, 0.5) is 5.69 Å². The van der Waals surface area contributed by atoms with Crippen molar-refractivity contribution < 1.29 is 17.9 Å². The number of pyridine rings is 1. The number of hydrogen-bond acceptors (Lipinski definition) is 5. The smallest absolute Gasteiger partial charge is 0.261 e. The first-order valence-electron chi connectivity index (χ1n) is 8.39. The third-order valence-electron chi connectivity index (χ3n) is 3.88. The second-order valence-electron chi connectivity index (χ2n) is 6.18. The van der Waals surface area contributed by atoms with E-state index in [4.69, 9.17) is 10.5 Å². The van der Waals surface area contributed by atoms with Gasteiger partial charge in [-0.3, -0.25) is 14.5 Å². The fraction of sp³-hybridized carbons (Fsp3) is 0.100. The third-order valence-corrected chi connectivity index (χ3v) is 5.26.